The molecule has 0 aliphatic heterocycles. The van der Waals surface area contributed by atoms with E-state index < -0.39 is 16.6 Å². The highest BCUT2D eigenvalue weighted by atomic mass is 32.1. The Bertz CT molecular complexity index is 1190. The number of halogens is 1. The maximum atomic E-state index is 13.7. The van der Waals surface area contributed by atoms with Crippen molar-refractivity contribution in [3.8, 4) is 28.1 Å². The topological polar surface area (TPSA) is 79.3 Å². The average molecular weight is 366 g/mol. The monoisotopic (exact) mass is 366 g/mol. The second-order valence-electron chi connectivity index (χ2n) is 5.61. The van der Waals surface area contributed by atoms with Gasteiger partial charge in [-0.25, -0.2) is 9.37 Å². The molecule has 1 heterocycles. The molecular formula is C19H11FN2O3S. The molecule has 4 rings (SSSR count). The number of rotatable bonds is 4. The van der Waals surface area contributed by atoms with Crippen LogP contribution in [0, 0.1) is 5.82 Å². The molecule has 1 aromatic heterocycles. The quantitative estimate of drug-likeness (QED) is 0.539. The van der Waals surface area contributed by atoms with Crippen LogP contribution in [0.1, 0.15) is 0 Å². The minimum absolute atomic E-state index is 0.0248. The highest BCUT2D eigenvalue weighted by Crippen LogP contribution is 2.31. The van der Waals surface area contributed by atoms with E-state index in [2.05, 4.69) is 10.3 Å². The molecule has 0 fully saturated rings. The molecule has 0 bridgehead atoms. The standard InChI is InChI=1S/C19H11FN2O3S/c20-12-6-1-2-7-13(12)21-19-22-14(9-26-19)10-4-3-5-11(8-10)15-16(23)18(25)17(15)24/h1-9,23H,(H,21,22). The Morgan fingerprint density at radius 3 is 2.54 bits per heavy atom. The number of hydrogen-bond acceptors (Lipinski definition) is 6. The molecule has 4 aromatic rings. The SMILES string of the molecule is O=c1c(O)c(-c2cccc(-c3csc(Nc4ccccc4F)n3)c2)c1=O. The molecule has 128 valence electrons. The molecule has 5 nitrogen and oxygen atoms in total. The lowest BCUT2D eigenvalue weighted by Gasteiger charge is -2.07. The number of anilines is 2. The third kappa shape index (κ3) is 2.68. The third-order valence-electron chi connectivity index (χ3n) is 3.95. The van der Waals surface area contributed by atoms with Gasteiger partial charge < -0.3 is 10.4 Å². The summed E-state index contributed by atoms with van der Waals surface area (Å²) >= 11 is 1.31. The third-order valence-corrected chi connectivity index (χ3v) is 4.71. The summed E-state index contributed by atoms with van der Waals surface area (Å²) in [5, 5.41) is 14.8. The van der Waals surface area contributed by atoms with Gasteiger partial charge in [-0.3, -0.25) is 9.59 Å². The minimum Gasteiger partial charge on any atom is -0.503 e. The fourth-order valence-electron chi connectivity index (χ4n) is 2.62. The molecule has 0 radical (unpaired) electrons. The second kappa shape index (κ2) is 6.20. The van der Waals surface area contributed by atoms with Crippen LogP contribution < -0.4 is 16.2 Å². The lowest BCUT2D eigenvalue weighted by atomic mass is 9.98. The summed E-state index contributed by atoms with van der Waals surface area (Å²) in [6.07, 6.45) is 0. The van der Waals surface area contributed by atoms with E-state index >= 15 is 0 Å². The van der Waals surface area contributed by atoms with Crippen molar-refractivity contribution in [2.75, 3.05) is 5.32 Å². The predicted octanol–water partition coefficient (Wildman–Crippen LogP) is 3.66. The van der Waals surface area contributed by atoms with Crippen LogP contribution in [0.5, 0.6) is 5.75 Å². The smallest absolute Gasteiger partial charge is 0.268 e. The van der Waals surface area contributed by atoms with Crippen molar-refractivity contribution in [1.82, 2.24) is 4.98 Å². The molecule has 0 amide bonds. The van der Waals surface area contributed by atoms with Crippen LogP contribution in [-0.4, -0.2) is 10.1 Å². The summed E-state index contributed by atoms with van der Waals surface area (Å²) in [7, 11) is 0. The van der Waals surface area contributed by atoms with Crippen molar-refractivity contribution in [1.29, 1.82) is 0 Å². The summed E-state index contributed by atoms with van der Waals surface area (Å²) in [5.74, 6) is -0.880. The molecule has 3 aromatic carbocycles. The molecule has 0 aliphatic carbocycles. The summed E-state index contributed by atoms with van der Waals surface area (Å²) in [5.41, 5.74) is 0.603. The summed E-state index contributed by atoms with van der Waals surface area (Å²) in [6, 6.07) is 13.1. The van der Waals surface area contributed by atoms with E-state index in [1.54, 1.807) is 47.8 Å². The van der Waals surface area contributed by atoms with Crippen molar-refractivity contribution >= 4 is 22.2 Å². The zero-order chi connectivity index (χ0) is 18.3. The van der Waals surface area contributed by atoms with Gasteiger partial charge in [-0.15, -0.1) is 11.3 Å². The Morgan fingerprint density at radius 1 is 1.00 bits per heavy atom. The maximum absolute atomic E-state index is 13.7. The van der Waals surface area contributed by atoms with Gasteiger partial charge in [-0.1, -0.05) is 30.3 Å². The second-order valence-corrected chi connectivity index (χ2v) is 6.46. The van der Waals surface area contributed by atoms with E-state index in [0.717, 1.165) is 0 Å². The number of aromatic hydroxyl groups is 1. The van der Waals surface area contributed by atoms with Crippen molar-refractivity contribution < 1.29 is 9.50 Å². The van der Waals surface area contributed by atoms with E-state index in [4.69, 9.17) is 0 Å². The van der Waals surface area contributed by atoms with Crippen LogP contribution >= 0.6 is 11.3 Å². The number of para-hydroxylation sites is 1. The Balaban J connectivity index is 1.64. The molecule has 0 unspecified atom stereocenters. The lowest BCUT2D eigenvalue weighted by molar-refractivity contribution is 0.465. The number of nitrogens with zero attached hydrogens (tertiary/aromatic N) is 1. The van der Waals surface area contributed by atoms with Crippen LogP contribution in [0.3, 0.4) is 0 Å². The Morgan fingerprint density at radius 2 is 1.77 bits per heavy atom. The first-order valence-electron chi connectivity index (χ1n) is 7.65. The predicted molar refractivity (Wildman–Crippen MR) is 99.2 cm³/mol. The van der Waals surface area contributed by atoms with Crippen LogP contribution in [0.2, 0.25) is 0 Å². The molecular weight excluding hydrogens is 355 g/mol. The molecule has 0 spiro atoms. The van der Waals surface area contributed by atoms with Gasteiger partial charge in [0, 0.05) is 10.9 Å². The van der Waals surface area contributed by atoms with Gasteiger partial charge in [0.15, 0.2) is 10.9 Å². The van der Waals surface area contributed by atoms with Crippen molar-refractivity contribution in [2.45, 2.75) is 0 Å². The number of aromatic nitrogens is 1. The first-order valence-corrected chi connectivity index (χ1v) is 8.52. The van der Waals surface area contributed by atoms with E-state index in [1.165, 1.54) is 17.4 Å². The molecule has 0 saturated heterocycles. The van der Waals surface area contributed by atoms with Crippen molar-refractivity contribution in [3.05, 3.63) is 80.2 Å². The van der Waals surface area contributed by atoms with Crippen LogP contribution in [0.25, 0.3) is 22.4 Å². The fraction of sp³-hybridized carbons (Fsp3) is 0. The molecule has 0 saturated carbocycles. The summed E-state index contributed by atoms with van der Waals surface area (Å²) in [6.45, 7) is 0. The molecule has 0 aliphatic rings. The van der Waals surface area contributed by atoms with Crippen LogP contribution in [0.4, 0.5) is 15.2 Å². The highest BCUT2D eigenvalue weighted by molar-refractivity contribution is 7.14. The van der Waals surface area contributed by atoms with E-state index in [1.807, 2.05) is 0 Å². The lowest BCUT2D eigenvalue weighted by Crippen LogP contribution is -2.31. The molecule has 26 heavy (non-hydrogen) atoms. The zero-order valence-corrected chi connectivity index (χ0v) is 14.0. The van der Waals surface area contributed by atoms with E-state index in [9.17, 15) is 19.1 Å². The normalized spacial score (nSPS) is 11.0. The summed E-state index contributed by atoms with van der Waals surface area (Å²) in [4.78, 5) is 27.3. The van der Waals surface area contributed by atoms with E-state index in [0.29, 0.717) is 27.6 Å². The van der Waals surface area contributed by atoms with E-state index in [-0.39, 0.29) is 11.4 Å². The zero-order valence-electron chi connectivity index (χ0n) is 13.2. The molecule has 2 N–H and O–H groups in total. The van der Waals surface area contributed by atoms with Crippen LogP contribution in [-0.2, 0) is 0 Å². The highest BCUT2D eigenvalue weighted by Gasteiger charge is 2.21. The Labute approximate surface area is 150 Å². The van der Waals surface area contributed by atoms with Gasteiger partial charge in [0.2, 0.25) is 5.43 Å². The number of nitrogens with one attached hydrogen (secondary N) is 1. The first kappa shape index (κ1) is 16.2. The first-order chi connectivity index (χ1) is 12.5. The average Bonchev–Trinajstić information content (AvgIpc) is 3.12. The van der Waals surface area contributed by atoms with Gasteiger partial charge in [-0.05, 0) is 23.8 Å². The largest absolute Gasteiger partial charge is 0.503 e. The maximum Gasteiger partial charge on any atom is 0.268 e. The number of benzene rings is 2. The molecule has 0 atom stereocenters. The molecule has 7 heteroatoms. The number of hydrogen-bond donors (Lipinski definition) is 2. The van der Waals surface area contributed by atoms with Gasteiger partial charge in [0.1, 0.15) is 5.82 Å². The Hall–Kier alpha value is -3.32. The Kier molecular flexibility index (Phi) is 3.85. The number of thiazole rings is 1. The minimum atomic E-state index is -0.865. The van der Waals surface area contributed by atoms with Gasteiger partial charge >= 0.3 is 0 Å². The van der Waals surface area contributed by atoms with Gasteiger partial charge in [-0.2, -0.15) is 0 Å². The van der Waals surface area contributed by atoms with Crippen molar-refractivity contribution in [3.63, 3.8) is 0 Å². The van der Waals surface area contributed by atoms with Crippen LogP contribution in [0.15, 0.2) is 63.5 Å². The fourth-order valence-corrected chi connectivity index (χ4v) is 3.35. The van der Waals surface area contributed by atoms with Gasteiger partial charge in [0.05, 0.1) is 16.9 Å². The summed E-state index contributed by atoms with van der Waals surface area (Å²) < 4.78 is 13.7. The van der Waals surface area contributed by atoms with Crippen molar-refractivity contribution in [2.24, 2.45) is 0 Å². The van der Waals surface area contributed by atoms with Gasteiger partial charge in [0.25, 0.3) is 5.43 Å².